The van der Waals surface area contributed by atoms with Gasteiger partial charge in [-0.05, 0) is 37.0 Å². The van der Waals surface area contributed by atoms with Crippen molar-refractivity contribution in [3.05, 3.63) is 29.3 Å². The maximum atomic E-state index is 14.4. The third-order valence-electron chi connectivity index (χ3n) is 7.62. The number of halogens is 1. The zero-order valence-corrected chi connectivity index (χ0v) is 22.0. The Labute approximate surface area is 222 Å². The number of amides is 2. The predicted octanol–water partition coefficient (Wildman–Crippen LogP) is 4.11. The van der Waals surface area contributed by atoms with E-state index in [-0.39, 0.29) is 19.5 Å². The van der Waals surface area contributed by atoms with Crippen molar-refractivity contribution in [2.75, 3.05) is 20.2 Å². The summed E-state index contributed by atoms with van der Waals surface area (Å²) < 4.78 is 30.4. The number of nitrogens with two attached hydrogens (primary N) is 1. The molecular weight excluding hydrogens is 511 g/mol. The molecular formula is C26H29FN6O4S. The predicted molar refractivity (Wildman–Crippen MR) is 141 cm³/mol. The van der Waals surface area contributed by atoms with Crippen LogP contribution < -0.4 is 10.5 Å². The second-order valence-corrected chi connectivity index (χ2v) is 11.0. The Hall–Kier alpha value is -3.67. The quantitative estimate of drug-likeness (QED) is 0.393. The van der Waals surface area contributed by atoms with E-state index in [2.05, 4.69) is 15.6 Å². The SMILES string of the molecule is COc1cc(C(=O)N2C[C@H](F)C[C@@H](OC(N)=O)C2)cc2nc(-c3cc4scnc4n3CC3CCC3)n(C)c12. The summed E-state index contributed by atoms with van der Waals surface area (Å²) in [5.41, 5.74) is 10.6. The van der Waals surface area contributed by atoms with Crippen molar-refractivity contribution < 1.29 is 23.5 Å². The van der Waals surface area contributed by atoms with Gasteiger partial charge in [-0.2, -0.15) is 0 Å². The first-order valence-electron chi connectivity index (χ1n) is 12.7. The zero-order chi connectivity index (χ0) is 26.6. The Kier molecular flexibility index (Phi) is 6.21. The Balaban J connectivity index is 1.39. The van der Waals surface area contributed by atoms with Crippen molar-refractivity contribution in [2.45, 2.75) is 44.5 Å². The van der Waals surface area contributed by atoms with Gasteiger partial charge >= 0.3 is 6.09 Å². The fourth-order valence-electron chi connectivity index (χ4n) is 5.58. The number of aromatic nitrogens is 4. The lowest BCUT2D eigenvalue weighted by Gasteiger charge is -2.34. The van der Waals surface area contributed by atoms with Gasteiger partial charge < -0.3 is 29.2 Å². The fraction of sp³-hybridized carbons (Fsp3) is 0.462. The lowest BCUT2D eigenvalue weighted by atomic mass is 9.85. The molecule has 10 nitrogen and oxygen atoms in total. The number of fused-ring (bicyclic) bond motifs is 2. The van der Waals surface area contributed by atoms with Crippen LogP contribution >= 0.6 is 11.3 Å². The van der Waals surface area contributed by atoms with E-state index in [9.17, 15) is 14.0 Å². The number of alkyl halides is 1. The standard InChI is InChI=1S/C26H29FN6O4S/c1-31-22-18(30-23(31)19-9-21-24(29-13-38-21)33(19)10-14-4-3-5-14)6-15(7-20(22)36-2)25(34)32-11-16(27)8-17(12-32)37-26(28)35/h6-7,9,13-14,16-17H,3-5,8,10-12H2,1-2H3,(H2,28,35)/t16-,17-/m1/s1. The average Bonchev–Trinajstić information content (AvgIpc) is 3.53. The van der Waals surface area contributed by atoms with Gasteiger partial charge in [0.1, 0.15) is 23.5 Å². The second-order valence-electron chi connectivity index (χ2n) is 10.1. The number of benzene rings is 1. The number of hydrogen-bond donors (Lipinski definition) is 1. The van der Waals surface area contributed by atoms with Gasteiger partial charge in [-0.15, -0.1) is 11.3 Å². The molecule has 2 fully saturated rings. The molecule has 2 atom stereocenters. The Morgan fingerprint density at radius 2 is 2.05 bits per heavy atom. The number of piperidine rings is 1. The minimum atomic E-state index is -1.32. The molecule has 1 aromatic carbocycles. The van der Waals surface area contributed by atoms with Gasteiger partial charge in [-0.25, -0.2) is 19.2 Å². The molecule has 0 spiro atoms. The van der Waals surface area contributed by atoms with Crippen LogP contribution in [0.25, 0.3) is 32.9 Å². The van der Waals surface area contributed by atoms with Gasteiger partial charge in [0.2, 0.25) is 0 Å². The van der Waals surface area contributed by atoms with Gasteiger partial charge in [0, 0.05) is 25.6 Å². The molecule has 3 aromatic heterocycles. The highest BCUT2D eigenvalue weighted by molar-refractivity contribution is 7.16. The summed E-state index contributed by atoms with van der Waals surface area (Å²) in [6.07, 6.45) is 0.591. The number of methoxy groups -OCH3 is 1. The number of hydrogen-bond acceptors (Lipinski definition) is 7. The van der Waals surface area contributed by atoms with E-state index in [1.165, 1.54) is 24.2 Å². The van der Waals surface area contributed by atoms with Crippen LogP contribution in [0.1, 0.15) is 36.0 Å². The molecule has 1 saturated heterocycles. The van der Waals surface area contributed by atoms with Crippen molar-refractivity contribution in [1.29, 1.82) is 0 Å². The number of carbonyl (C=O) groups excluding carboxylic acids is 2. The topological polar surface area (TPSA) is 118 Å². The molecule has 38 heavy (non-hydrogen) atoms. The van der Waals surface area contributed by atoms with Gasteiger partial charge in [-0.3, -0.25) is 4.79 Å². The van der Waals surface area contributed by atoms with E-state index in [1.54, 1.807) is 30.6 Å². The third-order valence-corrected chi connectivity index (χ3v) is 8.38. The molecule has 1 aliphatic heterocycles. The summed E-state index contributed by atoms with van der Waals surface area (Å²) in [5.74, 6) is 1.48. The zero-order valence-electron chi connectivity index (χ0n) is 21.2. The van der Waals surface area contributed by atoms with Crippen LogP contribution in [0.4, 0.5) is 9.18 Å². The molecule has 4 aromatic rings. The van der Waals surface area contributed by atoms with E-state index in [0.717, 1.165) is 33.9 Å². The number of thiazole rings is 1. The molecule has 0 bridgehead atoms. The molecule has 2 amide bonds. The highest BCUT2D eigenvalue weighted by atomic mass is 32.1. The van der Waals surface area contributed by atoms with E-state index in [0.29, 0.717) is 22.7 Å². The van der Waals surface area contributed by atoms with Crippen LogP contribution in [0.5, 0.6) is 5.75 Å². The summed E-state index contributed by atoms with van der Waals surface area (Å²) in [5, 5.41) is 0. The van der Waals surface area contributed by atoms with Crippen molar-refractivity contribution in [2.24, 2.45) is 18.7 Å². The monoisotopic (exact) mass is 540 g/mol. The van der Waals surface area contributed by atoms with E-state index < -0.39 is 24.3 Å². The number of primary amides is 1. The van der Waals surface area contributed by atoms with Gasteiger partial charge in [0.05, 0.1) is 41.6 Å². The summed E-state index contributed by atoms with van der Waals surface area (Å²) in [4.78, 5) is 35.5. The lowest BCUT2D eigenvalue weighted by Crippen LogP contribution is -2.49. The number of carbonyl (C=O) groups is 2. The van der Waals surface area contributed by atoms with Crippen LogP contribution in [0, 0.1) is 5.92 Å². The first kappa shape index (κ1) is 24.7. The van der Waals surface area contributed by atoms with E-state index in [1.807, 2.05) is 17.1 Å². The summed E-state index contributed by atoms with van der Waals surface area (Å²) in [7, 11) is 3.48. The molecule has 2 N–H and O–H groups in total. The molecule has 2 aliphatic rings. The molecule has 200 valence electrons. The van der Waals surface area contributed by atoms with Crippen LogP contribution in [-0.2, 0) is 18.3 Å². The highest BCUT2D eigenvalue weighted by Gasteiger charge is 2.33. The average molecular weight is 541 g/mol. The number of nitrogens with zero attached hydrogens (tertiary/aromatic N) is 5. The van der Waals surface area contributed by atoms with Crippen LogP contribution in [0.15, 0.2) is 23.7 Å². The summed E-state index contributed by atoms with van der Waals surface area (Å²) in [6.45, 7) is 0.860. The normalized spacial score (nSPS) is 20.1. The molecule has 1 aliphatic carbocycles. The Morgan fingerprint density at radius 3 is 2.76 bits per heavy atom. The number of aryl methyl sites for hydroxylation is 1. The smallest absolute Gasteiger partial charge is 0.404 e. The maximum Gasteiger partial charge on any atom is 0.404 e. The molecule has 0 radical (unpaired) electrons. The van der Waals surface area contributed by atoms with E-state index >= 15 is 0 Å². The van der Waals surface area contributed by atoms with Crippen molar-refractivity contribution >= 4 is 44.7 Å². The largest absolute Gasteiger partial charge is 0.494 e. The molecule has 4 heterocycles. The molecule has 0 unspecified atom stereocenters. The number of rotatable bonds is 6. The van der Waals surface area contributed by atoms with Crippen LogP contribution in [0.2, 0.25) is 0 Å². The Morgan fingerprint density at radius 1 is 1.24 bits per heavy atom. The lowest BCUT2D eigenvalue weighted by molar-refractivity contribution is 0.0133. The van der Waals surface area contributed by atoms with Gasteiger partial charge in [0.25, 0.3) is 5.91 Å². The van der Waals surface area contributed by atoms with Gasteiger partial charge in [-0.1, -0.05) is 6.42 Å². The molecule has 6 rings (SSSR count). The van der Waals surface area contributed by atoms with Crippen LogP contribution in [-0.4, -0.2) is 68.5 Å². The van der Waals surface area contributed by atoms with E-state index in [4.69, 9.17) is 20.2 Å². The Bertz CT molecular complexity index is 1540. The van der Waals surface area contributed by atoms with Gasteiger partial charge in [0.15, 0.2) is 11.5 Å². The third kappa shape index (κ3) is 4.26. The van der Waals surface area contributed by atoms with Crippen molar-refractivity contribution in [3.63, 3.8) is 0 Å². The van der Waals surface area contributed by atoms with Crippen molar-refractivity contribution in [3.8, 4) is 17.3 Å². The molecule has 12 heteroatoms. The number of imidazole rings is 1. The fourth-order valence-corrected chi connectivity index (χ4v) is 6.30. The first-order chi connectivity index (χ1) is 18.3. The van der Waals surface area contributed by atoms with Crippen LogP contribution in [0.3, 0.4) is 0 Å². The minimum Gasteiger partial charge on any atom is -0.494 e. The number of likely N-dealkylation sites (tertiary alicyclic amines) is 1. The summed E-state index contributed by atoms with van der Waals surface area (Å²) in [6, 6.07) is 5.48. The first-order valence-corrected chi connectivity index (χ1v) is 13.6. The maximum absolute atomic E-state index is 14.4. The summed E-state index contributed by atoms with van der Waals surface area (Å²) >= 11 is 1.60. The highest BCUT2D eigenvalue weighted by Crippen LogP contribution is 2.37. The number of ether oxygens (including phenoxy) is 2. The van der Waals surface area contributed by atoms with Crippen molar-refractivity contribution in [1.82, 2.24) is 24.0 Å². The second kappa shape index (κ2) is 9.57. The molecule has 1 saturated carbocycles. The minimum absolute atomic E-state index is 0.00545.